The van der Waals surface area contributed by atoms with Crippen molar-refractivity contribution < 1.29 is 19.4 Å². The Labute approximate surface area is 223 Å². The number of carbonyl (C=O) groups is 2. The van der Waals surface area contributed by atoms with Crippen molar-refractivity contribution >= 4 is 29.2 Å². The zero-order valence-electron chi connectivity index (χ0n) is 21.9. The number of rotatable bonds is 7. The number of aliphatic hydroxyl groups excluding tert-OH is 1. The van der Waals surface area contributed by atoms with Gasteiger partial charge in [-0.25, -0.2) is 0 Å². The van der Waals surface area contributed by atoms with Gasteiger partial charge in [-0.15, -0.1) is 11.8 Å². The molecule has 3 N–H and O–H groups in total. The number of nitrogens with two attached hydrogens (primary N) is 1. The second kappa shape index (κ2) is 10.7. The molecule has 194 valence electrons. The molecule has 0 bridgehead atoms. The molecule has 0 saturated carbocycles. The van der Waals surface area contributed by atoms with Crippen LogP contribution in [0.2, 0.25) is 0 Å². The number of aryl methyl sites for hydroxylation is 2. The number of Topliss-reactive ketones (excluding diaryl/α,β-unsaturated/α-hetero) is 1. The average Bonchev–Trinajstić information content (AvgIpc) is 2.85. The zero-order valence-corrected chi connectivity index (χ0v) is 22.7. The first kappa shape index (κ1) is 27.0. The third kappa shape index (κ3) is 5.91. The number of esters is 1. The molecule has 3 aromatic carbocycles. The molecule has 0 radical (unpaired) electrons. The van der Waals surface area contributed by atoms with E-state index in [4.69, 9.17) is 10.5 Å². The van der Waals surface area contributed by atoms with Gasteiger partial charge in [0, 0.05) is 10.6 Å². The summed E-state index contributed by atoms with van der Waals surface area (Å²) in [6, 6.07) is 21.1. The van der Waals surface area contributed by atoms with Crippen LogP contribution in [0.25, 0.3) is 0 Å². The maximum atomic E-state index is 13.7. The summed E-state index contributed by atoms with van der Waals surface area (Å²) in [4.78, 5) is 28.0. The van der Waals surface area contributed by atoms with Crippen molar-refractivity contribution in [1.82, 2.24) is 0 Å². The monoisotopic (exact) mass is 517 g/mol. The predicted octanol–water partition coefficient (Wildman–Crippen LogP) is 5.87. The predicted molar refractivity (Wildman–Crippen MR) is 148 cm³/mol. The van der Waals surface area contributed by atoms with Gasteiger partial charge in [0.05, 0.1) is 13.0 Å². The Hall–Kier alpha value is -3.09. The number of carbonyl (C=O) groups excluding carboxylic acids is 2. The van der Waals surface area contributed by atoms with Crippen molar-refractivity contribution in [2.45, 2.75) is 74.7 Å². The lowest BCUT2D eigenvalue weighted by atomic mass is 9.81. The summed E-state index contributed by atoms with van der Waals surface area (Å²) in [6.07, 6.45) is 1.21. The van der Waals surface area contributed by atoms with E-state index in [0.29, 0.717) is 18.5 Å². The quantitative estimate of drug-likeness (QED) is 0.231. The van der Waals surface area contributed by atoms with E-state index in [-0.39, 0.29) is 24.2 Å². The summed E-state index contributed by atoms with van der Waals surface area (Å²) in [5, 5.41) is 8.84. The van der Waals surface area contributed by atoms with Gasteiger partial charge < -0.3 is 15.6 Å². The Bertz CT molecular complexity index is 1280. The number of ketones is 1. The van der Waals surface area contributed by atoms with Crippen LogP contribution >= 0.6 is 11.8 Å². The lowest BCUT2D eigenvalue weighted by molar-refractivity contribution is -0.171. The minimum absolute atomic E-state index is 0.0586. The average molecular weight is 518 g/mol. The van der Waals surface area contributed by atoms with Gasteiger partial charge >= 0.3 is 5.97 Å². The van der Waals surface area contributed by atoms with Crippen LogP contribution in [0.5, 0.6) is 0 Å². The normalized spacial score (nSPS) is 20.1. The minimum Gasteiger partial charge on any atom is -0.453 e. The third-order valence-electron chi connectivity index (χ3n) is 6.99. The zero-order chi connectivity index (χ0) is 26.8. The number of hydrogen-bond donors (Lipinski definition) is 2. The SMILES string of the molecule is Cc1cc(SC2C(=O)CC(CCc3cccc(N)c3)(c3ccccc3)OC2=O)c(C(C)(C)C)cc1CO. The van der Waals surface area contributed by atoms with E-state index in [9.17, 15) is 14.7 Å². The van der Waals surface area contributed by atoms with E-state index >= 15 is 0 Å². The summed E-state index contributed by atoms with van der Waals surface area (Å²) < 4.78 is 6.22. The highest BCUT2D eigenvalue weighted by molar-refractivity contribution is 8.01. The number of aliphatic hydroxyl groups is 1. The molecule has 37 heavy (non-hydrogen) atoms. The molecule has 0 aromatic heterocycles. The number of anilines is 1. The van der Waals surface area contributed by atoms with Crippen LogP contribution in [0.1, 0.15) is 61.4 Å². The van der Waals surface area contributed by atoms with Crippen molar-refractivity contribution in [3.63, 3.8) is 0 Å². The fourth-order valence-electron chi connectivity index (χ4n) is 4.89. The highest BCUT2D eigenvalue weighted by Crippen LogP contribution is 2.44. The molecule has 6 heteroatoms. The van der Waals surface area contributed by atoms with Crippen LogP contribution in [0.4, 0.5) is 5.69 Å². The molecular formula is C31H35NO4S. The summed E-state index contributed by atoms with van der Waals surface area (Å²) in [7, 11) is 0. The van der Waals surface area contributed by atoms with Gasteiger partial charge in [0.25, 0.3) is 0 Å². The Balaban J connectivity index is 1.64. The number of ether oxygens (including phenoxy) is 1. The maximum absolute atomic E-state index is 13.7. The second-order valence-electron chi connectivity index (χ2n) is 10.9. The maximum Gasteiger partial charge on any atom is 0.327 e. The molecule has 5 nitrogen and oxygen atoms in total. The van der Waals surface area contributed by atoms with Gasteiger partial charge in [-0.2, -0.15) is 0 Å². The topological polar surface area (TPSA) is 89.6 Å². The Morgan fingerprint density at radius 1 is 1.05 bits per heavy atom. The molecule has 2 atom stereocenters. The minimum atomic E-state index is -1.03. The van der Waals surface area contributed by atoms with Gasteiger partial charge in [0.1, 0.15) is 5.60 Å². The fraction of sp³-hybridized carbons (Fsp3) is 0.355. The van der Waals surface area contributed by atoms with Crippen LogP contribution in [0, 0.1) is 6.92 Å². The molecule has 1 aliphatic heterocycles. The standard InChI is InChI=1S/C31H35NO4S/c1-20-15-27(25(30(2,3)4)17-22(20)19-33)37-28-26(34)18-31(36-29(28)35,23-10-6-5-7-11-23)14-13-21-9-8-12-24(32)16-21/h5-12,15-17,28,33H,13-14,18-19,32H2,1-4H3. The molecule has 3 aromatic rings. The number of benzene rings is 3. The van der Waals surface area contributed by atoms with E-state index in [1.807, 2.05) is 73.7 Å². The highest BCUT2D eigenvalue weighted by atomic mass is 32.2. The van der Waals surface area contributed by atoms with Gasteiger partial charge in [-0.3, -0.25) is 9.59 Å². The van der Waals surface area contributed by atoms with Gasteiger partial charge in [-0.1, -0.05) is 69.3 Å². The van der Waals surface area contributed by atoms with Crippen LogP contribution < -0.4 is 5.73 Å². The first-order valence-electron chi connectivity index (χ1n) is 12.6. The van der Waals surface area contributed by atoms with Crippen molar-refractivity contribution in [1.29, 1.82) is 0 Å². The molecule has 0 aliphatic carbocycles. The third-order valence-corrected chi connectivity index (χ3v) is 8.27. The Morgan fingerprint density at radius 3 is 2.41 bits per heavy atom. The summed E-state index contributed by atoms with van der Waals surface area (Å²) >= 11 is 1.26. The Morgan fingerprint density at radius 2 is 1.78 bits per heavy atom. The first-order chi connectivity index (χ1) is 17.5. The van der Waals surface area contributed by atoms with Crippen LogP contribution in [-0.2, 0) is 38.4 Å². The van der Waals surface area contributed by atoms with Crippen molar-refractivity contribution in [2.75, 3.05) is 5.73 Å². The van der Waals surface area contributed by atoms with Crippen molar-refractivity contribution in [2.24, 2.45) is 0 Å². The molecule has 0 amide bonds. The molecule has 1 saturated heterocycles. The largest absolute Gasteiger partial charge is 0.453 e. The molecule has 1 aliphatic rings. The van der Waals surface area contributed by atoms with Gasteiger partial charge in [0.15, 0.2) is 11.0 Å². The van der Waals surface area contributed by atoms with Crippen molar-refractivity contribution in [3.8, 4) is 0 Å². The van der Waals surface area contributed by atoms with E-state index in [2.05, 4.69) is 20.8 Å². The highest BCUT2D eigenvalue weighted by Gasteiger charge is 2.48. The van der Waals surface area contributed by atoms with E-state index in [1.165, 1.54) is 11.8 Å². The number of thioether (sulfide) groups is 1. The van der Waals surface area contributed by atoms with Crippen LogP contribution in [0.15, 0.2) is 71.6 Å². The van der Waals surface area contributed by atoms with E-state index < -0.39 is 16.8 Å². The van der Waals surface area contributed by atoms with E-state index in [0.717, 1.165) is 32.7 Å². The molecule has 4 rings (SSSR count). The van der Waals surface area contributed by atoms with Crippen LogP contribution in [-0.4, -0.2) is 22.1 Å². The van der Waals surface area contributed by atoms with Crippen LogP contribution in [0.3, 0.4) is 0 Å². The molecular weight excluding hydrogens is 482 g/mol. The smallest absolute Gasteiger partial charge is 0.327 e. The van der Waals surface area contributed by atoms with Crippen molar-refractivity contribution in [3.05, 3.63) is 94.5 Å². The number of nitrogen functional groups attached to an aromatic ring is 1. The van der Waals surface area contributed by atoms with E-state index in [1.54, 1.807) is 0 Å². The number of hydrogen-bond acceptors (Lipinski definition) is 6. The second-order valence-corrected chi connectivity index (χ2v) is 12.0. The molecule has 2 unspecified atom stereocenters. The number of cyclic esters (lactones) is 1. The summed E-state index contributed by atoms with van der Waals surface area (Å²) in [5.74, 6) is -0.650. The molecule has 1 heterocycles. The Kier molecular flexibility index (Phi) is 7.81. The fourth-order valence-corrected chi connectivity index (χ4v) is 6.24. The summed E-state index contributed by atoms with van der Waals surface area (Å²) in [6.45, 7) is 8.12. The lowest BCUT2D eigenvalue weighted by Gasteiger charge is -2.39. The summed E-state index contributed by atoms with van der Waals surface area (Å²) in [5.41, 5.74) is 10.0. The van der Waals surface area contributed by atoms with Gasteiger partial charge in [-0.05, 0) is 71.2 Å². The lowest BCUT2D eigenvalue weighted by Crippen LogP contribution is -2.47. The molecule has 1 fully saturated rings. The first-order valence-corrected chi connectivity index (χ1v) is 13.5. The van der Waals surface area contributed by atoms with Gasteiger partial charge in [0.2, 0.25) is 0 Å². The molecule has 0 spiro atoms.